The van der Waals surface area contributed by atoms with Crippen molar-refractivity contribution in [3.8, 4) is 11.4 Å². The minimum Gasteiger partial charge on any atom is -0.486 e. The lowest BCUT2D eigenvalue weighted by Gasteiger charge is -2.22. The Labute approximate surface area is 129 Å². The van der Waals surface area contributed by atoms with Gasteiger partial charge in [-0.05, 0) is 44.2 Å². The molecule has 116 valence electrons. The van der Waals surface area contributed by atoms with Crippen LogP contribution in [-0.2, 0) is 0 Å². The van der Waals surface area contributed by atoms with Crippen LogP contribution in [0.1, 0.15) is 48.2 Å². The average Bonchev–Trinajstić information content (AvgIpc) is 2.92. The number of aromatic carboxylic acids is 1. The average molecular weight is 300 g/mol. The summed E-state index contributed by atoms with van der Waals surface area (Å²) in [6, 6.07) is 7.59. The van der Waals surface area contributed by atoms with Crippen LogP contribution in [0.25, 0.3) is 5.69 Å². The molecule has 3 rings (SSSR count). The molecule has 0 radical (unpaired) electrons. The molecule has 1 aliphatic rings. The van der Waals surface area contributed by atoms with Crippen LogP contribution in [0.3, 0.4) is 0 Å². The maximum atomic E-state index is 11.7. The van der Waals surface area contributed by atoms with E-state index in [1.54, 1.807) is 0 Å². The van der Waals surface area contributed by atoms with Gasteiger partial charge in [-0.25, -0.2) is 9.48 Å². The van der Waals surface area contributed by atoms with Gasteiger partial charge >= 0.3 is 5.97 Å². The molecule has 0 amide bonds. The highest BCUT2D eigenvalue weighted by atomic mass is 16.5. The molecule has 22 heavy (non-hydrogen) atoms. The van der Waals surface area contributed by atoms with E-state index in [4.69, 9.17) is 4.74 Å². The second-order valence-corrected chi connectivity index (χ2v) is 5.74. The summed E-state index contributed by atoms with van der Waals surface area (Å²) < 4.78 is 7.38. The topological polar surface area (TPSA) is 64.4 Å². The van der Waals surface area contributed by atoms with Gasteiger partial charge in [-0.1, -0.05) is 24.6 Å². The van der Waals surface area contributed by atoms with Gasteiger partial charge in [0, 0.05) is 0 Å². The standard InChI is InChI=1S/C17H20N2O3/c1-12-7-5-6-10-14(12)19-16(17(20)21)15(11-18-19)22-13-8-3-2-4-9-13/h5-7,10-11,13H,2-4,8-9H2,1H3,(H,20,21). The Balaban J connectivity index is 1.95. The Morgan fingerprint density at radius 3 is 2.68 bits per heavy atom. The molecule has 5 nitrogen and oxygen atoms in total. The first kappa shape index (κ1) is 14.6. The van der Waals surface area contributed by atoms with Crippen molar-refractivity contribution in [3.63, 3.8) is 0 Å². The van der Waals surface area contributed by atoms with Crippen LogP contribution in [-0.4, -0.2) is 27.0 Å². The molecule has 1 aliphatic carbocycles. The number of carbonyl (C=O) groups is 1. The zero-order chi connectivity index (χ0) is 15.5. The first-order valence-corrected chi connectivity index (χ1v) is 7.71. The molecule has 0 saturated heterocycles. The van der Waals surface area contributed by atoms with Crippen molar-refractivity contribution >= 4 is 5.97 Å². The Bertz CT molecular complexity index is 672. The highest BCUT2D eigenvalue weighted by molar-refractivity contribution is 5.89. The number of rotatable bonds is 4. The van der Waals surface area contributed by atoms with Gasteiger partial charge in [-0.3, -0.25) is 0 Å². The summed E-state index contributed by atoms with van der Waals surface area (Å²) in [5, 5.41) is 13.8. The zero-order valence-corrected chi connectivity index (χ0v) is 12.7. The Hall–Kier alpha value is -2.30. The van der Waals surface area contributed by atoms with Crippen LogP contribution < -0.4 is 4.74 Å². The number of para-hydroxylation sites is 1. The third-order valence-corrected chi connectivity index (χ3v) is 4.13. The van der Waals surface area contributed by atoms with Crippen molar-refractivity contribution in [1.82, 2.24) is 9.78 Å². The van der Waals surface area contributed by atoms with Crippen LogP contribution in [0, 0.1) is 6.92 Å². The molecule has 0 spiro atoms. The fraction of sp³-hybridized carbons (Fsp3) is 0.412. The Morgan fingerprint density at radius 1 is 1.27 bits per heavy atom. The number of nitrogens with zero attached hydrogens (tertiary/aromatic N) is 2. The molecule has 1 fully saturated rings. The SMILES string of the molecule is Cc1ccccc1-n1ncc(OC2CCCCC2)c1C(=O)O. The monoisotopic (exact) mass is 300 g/mol. The quantitative estimate of drug-likeness (QED) is 0.937. The maximum Gasteiger partial charge on any atom is 0.358 e. The first-order valence-electron chi connectivity index (χ1n) is 7.71. The summed E-state index contributed by atoms with van der Waals surface area (Å²) >= 11 is 0. The molecule has 0 atom stereocenters. The van der Waals surface area contributed by atoms with Gasteiger partial charge in [0.1, 0.15) is 0 Å². The minimum absolute atomic E-state index is 0.0971. The summed E-state index contributed by atoms with van der Waals surface area (Å²) in [5.74, 6) is -0.658. The lowest BCUT2D eigenvalue weighted by atomic mass is 9.98. The van der Waals surface area contributed by atoms with E-state index in [-0.39, 0.29) is 11.8 Å². The molecule has 1 saturated carbocycles. The predicted molar refractivity (Wildman–Crippen MR) is 82.8 cm³/mol. The van der Waals surface area contributed by atoms with Gasteiger partial charge in [-0.2, -0.15) is 5.10 Å². The molecule has 1 aromatic carbocycles. The smallest absolute Gasteiger partial charge is 0.358 e. The summed E-state index contributed by atoms with van der Waals surface area (Å²) in [6.45, 7) is 1.93. The summed E-state index contributed by atoms with van der Waals surface area (Å²) in [4.78, 5) is 11.7. The van der Waals surface area contributed by atoms with Crippen LogP contribution in [0.15, 0.2) is 30.5 Å². The number of ether oxygens (including phenoxy) is 1. The maximum absolute atomic E-state index is 11.7. The lowest BCUT2D eigenvalue weighted by Crippen LogP contribution is -2.21. The Kier molecular flexibility index (Phi) is 4.13. The number of benzene rings is 1. The molecular formula is C17H20N2O3. The predicted octanol–water partition coefficient (Wildman–Crippen LogP) is 3.59. The summed E-state index contributed by atoms with van der Waals surface area (Å²) in [7, 11) is 0. The molecule has 1 heterocycles. The largest absolute Gasteiger partial charge is 0.486 e. The van der Waals surface area contributed by atoms with Crippen molar-refractivity contribution in [1.29, 1.82) is 0 Å². The number of aromatic nitrogens is 2. The zero-order valence-electron chi connectivity index (χ0n) is 12.7. The fourth-order valence-corrected chi connectivity index (χ4v) is 2.96. The summed E-state index contributed by atoms with van der Waals surface area (Å²) in [6.07, 6.45) is 7.08. The van der Waals surface area contributed by atoms with Crippen molar-refractivity contribution in [2.24, 2.45) is 0 Å². The van der Waals surface area contributed by atoms with Crippen molar-refractivity contribution in [2.75, 3.05) is 0 Å². The lowest BCUT2D eigenvalue weighted by molar-refractivity contribution is 0.0676. The van der Waals surface area contributed by atoms with Crippen LogP contribution in [0.2, 0.25) is 0 Å². The van der Waals surface area contributed by atoms with Crippen molar-refractivity contribution in [2.45, 2.75) is 45.1 Å². The van der Waals surface area contributed by atoms with Gasteiger partial charge in [0.25, 0.3) is 0 Å². The Morgan fingerprint density at radius 2 is 2.00 bits per heavy atom. The first-order chi connectivity index (χ1) is 10.7. The van der Waals surface area contributed by atoms with Crippen LogP contribution in [0.5, 0.6) is 5.75 Å². The number of hydrogen-bond acceptors (Lipinski definition) is 3. The normalized spacial score (nSPS) is 15.7. The molecule has 5 heteroatoms. The van der Waals surface area contributed by atoms with Gasteiger partial charge < -0.3 is 9.84 Å². The van der Waals surface area contributed by atoms with Gasteiger partial charge in [0.05, 0.1) is 18.0 Å². The third kappa shape index (κ3) is 2.84. The molecule has 2 aromatic rings. The van der Waals surface area contributed by atoms with Crippen molar-refractivity contribution in [3.05, 3.63) is 41.7 Å². The number of carboxylic acid groups (broad SMARTS) is 1. The molecule has 0 bridgehead atoms. The van der Waals surface area contributed by atoms with E-state index < -0.39 is 5.97 Å². The molecule has 0 aliphatic heterocycles. The molecule has 0 unspecified atom stereocenters. The molecule has 1 N–H and O–H groups in total. The van der Waals surface area contributed by atoms with E-state index in [0.717, 1.165) is 36.9 Å². The van der Waals surface area contributed by atoms with E-state index in [2.05, 4.69) is 5.10 Å². The number of aryl methyl sites for hydroxylation is 1. The number of hydrogen-bond donors (Lipinski definition) is 1. The minimum atomic E-state index is -1.02. The second-order valence-electron chi connectivity index (χ2n) is 5.74. The molecular weight excluding hydrogens is 280 g/mol. The van der Waals surface area contributed by atoms with E-state index >= 15 is 0 Å². The second kappa shape index (κ2) is 6.22. The highest BCUT2D eigenvalue weighted by Gasteiger charge is 2.24. The van der Waals surface area contributed by atoms with E-state index in [0.29, 0.717) is 5.75 Å². The van der Waals surface area contributed by atoms with Gasteiger partial charge in [0.15, 0.2) is 11.4 Å². The fourth-order valence-electron chi connectivity index (χ4n) is 2.96. The van der Waals surface area contributed by atoms with Crippen molar-refractivity contribution < 1.29 is 14.6 Å². The van der Waals surface area contributed by atoms with Crippen LogP contribution in [0.4, 0.5) is 0 Å². The van der Waals surface area contributed by atoms with Crippen LogP contribution >= 0.6 is 0 Å². The van der Waals surface area contributed by atoms with Gasteiger partial charge in [0.2, 0.25) is 0 Å². The molecule has 1 aromatic heterocycles. The summed E-state index contributed by atoms with van der Waals surface area (Å²) in [5.41, 5.74) is 1.83. The van der Waals surface area contributed by atoms with E-state index in [9.17, 15) is 9.90 Å². The van der Waals surface area contributed by atoms with Gasteiger partial charge in [-0.15, -0.1) is 0 Å². The van der Waals surface area contributed by atoms with E-state index in [1.165, 1.54) is 17.3 Å². The number of carboxylic acids is 1. The van der Waals surface area contributed by atoms with E-state index in [1.807, 2.05) is 31.2 Å². The third-order valence-electron chi connectivity index (χ3n) is 4.13. The highest BCUT2D eigenvalue weighted by Crippen LogP contribution is 2.28.